The fourth-order valence-electron chi connectivity index (χ4n) is 2.66. The van der Waals surface area contributed by atoms with E-state index in [1.165, 1.54) is 5.56 Å². The van der Waals surface area contributed by atoms with E-state index >= 15 is 0 Å². The van der Waals surface area contributed by atoms with Gasteiger partial charge in [0.25, 0.3) is 0 Å². The van der Waals surface area contributed by atoms with Crippen LogP contribution in [0.5, 0.6) is 5.75 Å². The standard InChI is InChI=1S/C16H21NO2/c1-12-3-2-4-15(11-12)19-14-7-9-17(10-8-14)16(18)13-5-6-13/h2-4,11,13-14H,5-10H2,1H3. The summed E-state index contributed by atoms with van der Waals surface area (Å²) in [4.78, 5) is 14.0. The molecule has 0 radical (unpaired) electrons. The van der Waals surface area contributed by atoms with E-state index in [0.717, 1.165) is 44.5 Å². The zero-order chi connectivity index (χ0) is 13.2. The van der Waals surface area contributed by atoms with Gasteiger partial charge in [-0.15, -0.1) is 0 Å². The van der Waals surface area contributed by atoms with Crippen molar-refractivity contribution >= 4 is 5.91 Å². The Kier molecular flexibility index (Phi) is 3.45. The summed E-state index contributed by atoms with van der Waals surface area (Å²) in [6.45, 7) is 3.78. The minimum Gasteiger partial charge on any atom is -0.490 e. The number of ether oxygens (including phenoxy) is 1. The molecule has 3 heteroatoms. The number of hydrogen-bond acceptors (Lipinski definition) is 2. The molecule has 3 rings (SSSR count). The number of nitrogens with zero attached hydrogens (tertiary/aromatic N) is 1. The first-order valence-corrected chi connectivity index (χ1v) is 7.24. The highest BCUT2D eigenvalue weighted by atomic mass is 16.5. The minimum absolute atomic E-state index is 0.255. The average Bonchev–Trinajstić information content (AvgIpc) is 3.23. The van der Waals surface area contributed by atoms with Crippen molar-refractivity contribution in [2.45, 2.75) is 38.7 Å². The van der Waals surface area contributed by atoms with Gasteiger partial charge in [0.15, 0.2) is 0 Å². The number of amides is 1. The molecule has 1 heterocycles. The maximum absolute atomic E-state index is 12.0. The van der Waals surface area contributed by atoms with Crippen molar-refractivity contribution in [1.29, 1.82) is 0 Å². The Morgan fingerprint density at radius 3 is 2.58 bits per heavy atom. The van der Waals surface area contributed by atoms with Crippen LogP contribution < -0.4 is 4.74 Å². The van der Waals surface area contributed by atoms with Crippen molar-refractivity contribution in [1.82, 2.24) is 4.90 Å². The quantitative estimate of drug-likeness (QED) is 0.835. The lowest BCUT2D eigenvalue weighted by Crippen LogP contribution is -2.42. The van der Waals surface area contributed by atoms with Crippen LogP contribution in [0.1, 0.15) is 31.2 Å². The van der Waals surface area contributed by atoms with E-state index < -0.39 is 0 Å². The predicted octanol–water partition coefficient (Wildman–Crippen LogP) is 2.77. The van der Waals surface area contributed by atoms with Gasteiger partial charge in [-0.2, -0.15) is 0 Å². The molecule has 102 valence electrons. The molecular formula is C16H21NO2. The number of carbonyl (C=O) groups is 1. The first-order valence-electron chi connectivity index (χ1n) is 7.24. The van der Waals surface area contributed by atoms with Crippen molar-refractivity contribution < 1.29 is 9.53 Å². The third-order valence-electron chi connectivity index (χ3n) is 3.97. The molecule has 1 saturated heterocycles. The van der Waals surface area contributed by atoms with Crippen molar-refractivity contribution in [2.24, 2.45) is 5.92 Å². The van der Waals surface area contributed by atoms with Gasteiger partial charge in [-0.1, -0.05) is 12.1 Å². The molecule has 2 aliphatic rings. The van der Waals surface area contributed by atoms with Crippen LogP contribution in [0.4, 0.5) is 0 Å². The van der Waals surface area contributed by atoms with Crippen LogP contribution in [-0.2, 0) is 4.79 Å². The first kappa shape index (κ1) is 12.5. The van der Waals surface area contributed by atoms with Crippen LogP contribution in [0.3, 0.4) is 0 Å². The van der Waals surface area contributed by atoms with Crippen molar-refractivity contribution in [3.8, 4) is 5.75 Å². The minimum atomic E-state index is 0.255. The summed E-state index contributed by atoms with van der Waals surface area (Å²) in [6, 6.07) is 8.18. The van der Waals surface area contributed by atoms with E-state index in [-0.39, 0.29) is 6.10 Å². The van der Waals surface area contributed by atoms with E-state index in [4.69, 9.17) is 4.74 Å². The molecule has 0 atom stereocenters. The van der Waals surface area contributed by atoms with E-state index in [2.05, 4.69) is 19.1 Å². The molecule has 0 spiro atoms. The molecule has 0 N–H and O–H groups in total. The number of benzene rings is 1. The number of rotatable bonds is 3. The Morgan fingerprint density at radius 1 is 1.21 bits per heavy atom. The fraction of sp³-hybridized carbons (Fsp3) is 0.562. The maximum atomic E-state index is 12.0. The summed E-state index contributed by atoms with van der Waals surface area (Å²) in [6.07, 6.45) is 4.35. The highest BCUT2D eigenvalue weighted by Gasteiger charge is 2.35. The Bertz CT molecular complexity index is 460. The monoisotopic (exact) mass is 259 g/mol. The van der Waals surface area contributed by atoms with Crippen LogP contribution in [0.25, 0.3) is 0 Å². The average molecular weight is 259 g/mol. The molecule has 0 bridgehead atoms. The van der Waals surface area contributed by atoms with E-state index in [1.807, 2.05) is 17.0 Å². The van der Waals surface area contributed by atoms with E-state index in [1.54, 1.807) is 0 Å². The molecule has 0 unspecified atom stereocenters. The molecule has 2 fully saturated rings. The topological polar surface area (TPSA) is 29.5 Å². The molecule has 1 aliphatic heterocycles. The number of piperidine rings is 1. The van der Waals surface area contributed by atoms with Crippen molar-refractivity contribution in [3.05, 3.63) is 29.8 Å². The number of carbonyl (C=O) groups excluding carboxylic acids is 1. The van der Waals surface area contributed by atoms with Crippen LogP contribution in [0.2, 0.25) is 0 Å². The lowest BCUT2D eigenvalue weighted by molar-refractivity contribution is -0.134. The van der Waals surface area contributed by atoms with Gasteiger partial charge >= 0.3 is 0 Å². The molecule has 19 heavy (non-hydrogen) atoms. The van der Waals surface area contributed by atoms with Crippen LogP contribution >= 0.6 is 0 Å². The van der Waals surface area contributed by atoms with Gasteiger partial charge in [-0.25, -0.2) is 0 Å². The molecule has 1 aliphatic carbocycles. The summed E-state index contributed by atoms with van der Waals surface area (Å²) in [5, 5.41) is 0. The van der Waals surface area contributed by atoms with E-state index in [9.17, 15) is 4.79 Å². The highest BCUT2D eigenvalue weighted by Crippen LogP contribution is 2.32. The SMILES string of the molecule is Cc1cccc(OC2CCN(C(=O)C3CC3)CC2)c1. The third kappa shape index (κ3) is 3.09. The number of aryl methyl sites for hydroxylation is 1. The summed E-state index contributed by atoms with van der Waals surface area (Å²) < 4.78 is 6.00. The Hall–Kier alpha value is -1.51. The smallest absolute Gasteiger partial charge is 0.225 e. The lowest BCUT2D eigenvalue weighted by Gasteiger charge is -2.32. The summed E-state index contributed by atoms with van der Waals surface area (Å²) in [7, 11) is 0. The molecule has 1 saturated carbocycles. The largest absolute Gasteiger partial charge is 0.490 e. The normalized spacial score (nSPS) is 20.4. The van der Waals surface area contributed by atoms with Gasteiger partial charge in [0.05, 0.1) is 0 Å². The van der Waals surface area contributed by atoms with Crippen molar-refractivity contribution in [2.75, 3.05) is 13.1 Å². The van der Waals surface area contributed by atoms with Crippen LogP contribution in [0.15, 0.2) is 24.3 Å². The second kappa shape index (κ2) is 5.24. The van der Waals surface area contributed by atoms with Gasteiger partial charge < -0.3 is 9.64 Å². The first-order chi connectivity index (χ1) is 9.22. The van der Waals surface area contributed by atoms with Gasteiger partial charge in [0.1, 0.15) is 11.9 Å². The predicted molar refractivity (Wildman–Crippen MR) is 74.1 cm³/mol. The second-order valence-electron chi connectivity index (χ2n) is 5.73. The Morgan fingerprint density at radius 2 is 1.95 bits per heavy atom. The lowest BCUT2D eigenvalue weighted by atomic mass is 10.1. The summed E-state index contributed by atoms with van der Waals surface area (Å²) in [5.74, 6) is 1.66. The third-order valence-corrected chi connectivity index (χ3v) is 3.97. The fourth-order valence-corrected chi connectivity index (χ4v) is 2.66. The Labute approximate surface area is 114 Å². The number of hydrogen-bond donors (Lipinski definition) is 0. The maximum Gasteiger partial charge on any atom is 0.225 e. The zero-order valence-electron chi connectivity index (χ0n) is 11.5. The summed E-state index contributed by atoms with van der Waals surface area (Å²) in [5.41, 5.74) is 1.22. The second-order valence-corrected chi connectivity index (χ2v) is 5.73. The van der Waals surface area contributed by atoms with Gasteiger partial charge in [0, 0.05) is 31.8 Å². The van der Waals surface area contributed by atoms with Crippen molar-refractivity contribution in [3.63, 3.8) is 0 Å². The molecule has 1 amide bonds. The zero-order valence-corrected chi connectivity index (χ0v) is 11.5. The molecule has 3 nitrogen and oxygen atoms in total. The van der Waals surface area contributed by atoms with Gasteiger partial charge in [-0.3, -0.25) is 4.79 Å². The molecule has 1 aromatic carbocycles. The molecule has 0 aromatic heterocycles. The molecule has 1 aromatic rings. The molecular weight excluding hydrogens is 238 g/mol. The highest BCUT2D eigenvalue weighted by molar-refractivity contribution is 5.81. The van der Waals surface area contributed by atoms with Gasteiger partial charge in [-0.05, 0) is 37.5 Å². The van der Waals surface area contributed by atoms with Gasteiger partial charge in [0.2, 0.25) is 5.91 Å². The van der Waals surface area contributed by atoms with E-state index in [0.29, 0.717) is 11.8 Å². The number of likely N-dealkylation sites (tertiary alicyclic amines) is 1. The summed E-state index contributed by atoms with van der Waals surface area (Å²) >= 11 is 0. The van der Waals surface area contributed by atoms with Crippen LogP contribution in [-0.4, -0.2) is 30.0 Å². The Balaban J connectivity index is 1.51. The van der Waals surface area contributed by atoms with Crippen LogP contribution in [0, 0.1) is 12.8 Å².